The molecule has 0 spiro atoms. The van der Waals surface area contributed by atoms with Gasteiger partial charge in [0.2, 0.25) is 0 Å². The van der Waals surface area contributed by atoms with E-state index in [1.165, 1.54) is 0 Å². The third-order valence-corrected chi connectivity index (χ3v) is 8.72. The van der Waals surface area contributed by atoms with Crippen LogP contribution >= 0.6 is 0 Å². The lowest BCUT2D eigenvalue weighted by Gasteiger charge is -2.62. The lowest BCUT2D eigenvalue weighted by molar-refractivity contribution is -0.394. The first-order valence-corrected chi connectivity index (χ1v) is 13.2. The van der Waals surface area contributed by atoms with Gasteiger partial charge in [-0.1, -0.05) is 0 Å². The van der Waals surface area contributed by atoms with E-state index in [2.05, 4.69) is 10.6 Å². The molecule has 2 aromatic carbocycles. The van der Waals surface area contributed by atoms with Gasteiger partial charge in [-0.15, -0.1) is 0 Å². The highest BCUT2D eigenvalue weighted by molar-refractivity contribution is 5.96. The number of nitrogens with zero attached hydrogens (tertiary/aromatic N) is 4. The molecular weight excluding hydrogens is 556 g/mol. The Morgan fingerprint density at radius 2 is 0.929 bits per heavy atom. The molecule has 42 heavy (non-hydrogen) atoms. The minimum absolute atomic E-state index is 0.186. The topological polar surface area (TPSA) is 231 Å². The fraction of sp³-hybridized carbons (Fsp3) is 0.462. The van der Waals surface area contributed by atoms with Gasteiger partial charge in [0.05, 0.1) is 43.0 Å². The highest BCUT2D eigenvalue weighted by Crippen LogP contribution is 2.64. The first-order chi connectivity index (χ1) is 19.8. The van der Waals surface area contributed by atoms with Gasteiger partial charge in [-0.05, 0) is 61.2 Å². The lowest BCUT2D eigenvalue weighted by Crippen LogP contribution is -2.58. The summed E-state index contributed by atoms with van der Waals surface area (Å²) in [5.41, 5.74) is -3.23. The molecule has 16 heteroatoms. The van der Waals surface area contributed by atoms with E-state index in [9.17, 15) is 50.0 Å². The van der Waals surface area contributed by atoms with Gasteiger partial charge in [0, 0.05) is 37.4 Å². The molecule has 4 saturated carbocycles. The van der Waals surface area contributed by atoms with Crippen molar-refractivity contribution in [1.82, 2.24) is 10.6 Å². The lowest BCUT2D eigenvalue weighted by atomic mass is 9.44. The predicted molar refractivity (Wildman–Crippen MR) is 144 cm³/mol. The van der Waals surface area contributed by atoms with Crippen molar-refractivity contribution in [2.24, 2.45) is 22.7 Å². The van der Waals surface area contributed by atoms with Gasteiger partial charge in [0.1, 0.15) is 0 Å². The zero-order chi connectivity index (χ0) is 30.4. The molecule has 0 aromatic heterocycles. The summed E-state index contributed by atoms with van der Waals surface area (Å²) < 4.78 is 0. The molecule has 0 atom stereocenters. The van der Waals surface area contributed by atoms with E-state index >= 15 is 0 Å². The summed E-state index contributed by atoms with van der Waals surface area (Å²) in [6, 6.07) is 5.57. The van der Waals surface area contributed by atoms with Crippen LogP contribution in [-0.4, -0.2) is 44.6 Å². The number of nitro benzene ring substituents is 4. The van der Waals surface area contributed by atoms with Crippen molar-refractivity contribution in [2.45, 2.75) is 38.5 Å². The van der Waals surface area contributed by atoms with Crippen LogP contribution in [0.25, 0.3) is 0 Å². The summed E-state index contributed by atoms with van der Waals surface area (Å²) in [6.07, 6.45) is 5.03. The Balaban J connectivity index is 1.30. The molecule has 0 unspecified atom stereocenters. The van der Waals surface area contributed by atoms with Crippen molar-refractivity contribution in [2.75, 3.05) is 13.1 Å². The molecule has 4 fully saturated rings. The van der Waals surface area contributed by atoms with Gasteiger partial charge in [0.25, 0.3) is 34.6 Å². The summed E-state index contributed by atoms with van der Waals surface area (Å²) in [5.74, 6) is -0.630. The van der Waals surface area contributed by atoms with Gasteiger partial charge < -0.3 is 10.6 Å². The Morgan fingerprint density at radius 1 is 0.619 bits per heavy atom. The fourth-order valence-corrected chi connectivity index (χ4v) is 7.68. The number of carbonyl (C=O) groups excluding carboxylic acids is 2. The van der Waals surface area contributed by atoms with E-state index in [0.717, 1.165) is 68.5 Å². The number of non-ortho nitro benzene ring substituents is 4. The predicted octanol–water partition coefficient (Wildman–Crippen LogP) is 4.07. The van der Waals surface area contributed by atoms with E-state index in [-0.39, 0.29) is 35.0 Å². The largest absolute Gasteiger partial charge is 0.351 e. The first kappa shape index (κ1) is 28.5. The monoisotopic (exact) mass is 582 g/mol. The third-order valence-electron chi connectivity index (χ3n) is 8.72. The van der Waals surface area contributed by atoms with E-state index in [1.807, 2.05) is 0 Å². The van der Waals surface area contributed by atoms with Crippen LogP contribution in [0.3, 0.4) is 0 Å². The standard InChI is InChI=1S/C26H26N6O10/c33-23(17-2-19(29(35)36)6-20(3-17)30(37)38)27-13-25-8-15-1-16(9-25)11-26(10-15,12-25)14-28-24(34)18-4-21(31(39)40)7-22(5-18)32(41)42/h2-7,15-16H,1,8-14H2,(H,27,33)(H,28,34). The number of rotatable bonds is 10. The molecule has 0 radical (unpaired) electrons. The van der Waals surface area contributed by atoms with E-state index in [1.54, 1.807) is 0 Å². The summed E-state index contributed by atoms with van der Waals surface area (Å²) >= 11 is 0. The van der Waals surface area contributed by atoms with E-state index < -0.39 is 54.3 Å². The number of nitro groups is 4. The second kappa shape index (κ2) is 10.4. The van der Waals surface area contributed by atoms with Crippen LogP contribution in [0.1, 0.15) is 59.2 Å². The molecule has 2 amide bonds. The maximum atomic E-state index is 13.0. The zero-order valence-corrected chi connectivity index (χ0v) is 22.1. The highest BCUT2D eigenvalue weighted by atomic mass is 16.6. The minimum atomic E-state index is -0.799. The summed E-state index contributed by atoms with van der Waals surface area (Å²) in [6.45, 7) is 0.504. The minimum Gasteiger partial charge on any atom is -0.351 e. The SMILES string of the molecule is O=C(NCC12CC3CC(C1)CC(CNC(=O)c1cc([N+](=O)[O-])cc([N+](=O)[O-])c1)(C3)C2)c1cc([N+](=O)[O-])cc([N+](=O)[O-])c1. The average Bonchev–Trinajstić information content (AvgIpc) is 2.93. The van der Waals surface area contributed by atoms with Crippen LogP contribution in [0.15, 0.2) is 36.4 Å². The van der Waals surface area contributed by atoms with Crippen LogP contribution in [0.5, 0.6) is 0 Å². The van der Waals surface area contributed by atoms with Crippen molar-refractivity contribution in [3.63, 3.8) is 0 Å². The Labute approximate surface area is 237 Å². The Kier molecular flexibility index (Phi) is 7.08. The molecule has 220 valence electrons. The molecular formula is C26H26N6O10. The van der Waals surface area contributed by atoms with Crippen LogP contribution in [-0.2, 0) is 0 Å². The molecule has 4 bridgehead atoms. The molecule has 2 N–H and O–H groups in total. The first-order valence-electron chi connectivity index (χ1n) is 13.2. The molecule has 16 nitrogen and oxygen atoms in total. The molecule has 4 aliphatic carbocycles. The number of nitrogens with one attached hydrogen (secondary N) is 2. The van der Waals surface area contributed by atoms with Gasteiger partial charge in [-0.25, -0.2) is 0 Å². The molecule has 6 rings (SSSR count). The molecule has 0 aliphatic heterocycles. The van der Waals surface area contributed by atoms with Gasteiger partial charge in [-0.2, -0.15) is 0 Å². The average molecular weight is 583 g/mol. The van der Waals surface area contributed by atoms with Crippen molar-refractivity contribution in [3.05, 3.63) is 88.0 Å². The fourth-order valence-electron chi connectivity index (χ4n) is 7.68. The third kappa shape index (κ3) is 5.59. The van der Waals surface area contributed by atoms with Crippen LogP contribution < -0.4 is 10.6 Å². The normalized spacial score (nSPS) is 25.4. The highest BCUT2D eigenvalue weighted by Gasteiger charge is 2.57. The summed E-state index contributed by atoms with van der Waals surface area (Å²) in [5, 5.41) is 50.6. The Bertz CT molecular complexity index is 1350. The Hall–Kier alpha value is -5.02. The van der Waals surface area contributed by atoms with Crippen molar-refractivity contribution in [1.29, 1.82) is 0 Å². The van der Waals surface area contributed by atoms with E-state index in [4.69, 9.17) is 0 Å². The maximum absolute atomic E-state index is 13.0. The van der Waals surface area contributed by atoms with Crippen molar-refractivity contribution in [3.8, 4) is 0 Å². The van der Waals surface area contributed by atoms with Crippen molar-refractivity contribution >= 4 is 34.6 Å². The summed E-state index contributed by atoms with van der Waals surface area (Å²) in [7, 11) is 0. The maximum Gasteiger partial charge on any atom is 0.277 e. The summed E-state index contributed by atoms with van der Waals surface area (Å²) in [4.78, 5) is 67.7. The van der Waals surface area contributed by atoms with Crippen molar-refractivity contribution < 1.29 is 29.3 Å². The number of benzene rings is 2. The number of carbonyl (C=O) groups is 2. The van der Waals surface area contributed by atoms with Crippen LogP contribution in [0.4, 0.5) is 22.7 Å². The smallest absolute Gasteiger partial charge is 0.277 e. The van der Waals surface area contributed by atoms with E-state index in [0.29, 0.717) is 18.3 Å². The second-order valence-corrected chi connectivity index (χ2v) is 11.8. The number of hydrogen-bond acceptors (Lipinski definition) is 10. The zero-order valence-electron chi connectivity index (χ0n) is 22.1. The van der Waals surface area contributed by atoms with Gasteiger partial charge in [-0.3, -0.25) is 50.0 Å². The molecule has 2 aromatic rings. The second-order valence-electron chi connectivity index (χ2n) is 11.8. The number of amides is 2. The van der Waals surface area contributed by atoms with Gasteiger partial charge >= 0.3 is 0 Å². The van der Waals surface area contributed by atoms with Crippen LogP contribution in [0.2, 0.25) is 0 Å². The number of hydrogen-bond donors (Lipinski definition) is 2. The molecule has 0 heterocycles. The van der Waals surface area contributed by atoms with Gasteiger partial charge in [0.15, 0.2) is 0 Å². The Morgan fingerprint density at radius 3 is 1.21 bits per heavy atom. The quantitative estimate of drug-likeness (QED) is 0.301. The van der Waals surface area contributed by atoms with Crippen LogP contribution in [0, 0.1) is 63.1 Å². The molecule has 4 aliphatic rings. The molecule has 0 saturated heterocycles.